The van der Waals surface area contributed by atoms with Gasteiger partial charge in [0.25, 0.3) is 0 Å². The summed E-state index contributed by atoms with van der Waals surface area (Å²) in [7, 11) is 1.97. The molecule has 3 nitrogen and oxygen atoms in total. The summed E-state index contributed by atoms with van der Waals surface area (Å²) in [5, 5.41) is 1.14. The maximum Gasteiger partial charge on any atom is 0.190 e. The second-order valence-electron chi connectivity index (χ2n) is 3.93. The van der Waals surface area contributed by atoms with Gasteiger partial charge in [0.15, 0.2) is 5.16 Å². The molecule has 0 amide bonds. The zero-order valence-corrected chi connectivity index (χ0v) is 12.1. The third-order valence-corrected chi connectivity index (χ3v) is 3.32. The minimum Gasteiger partial charge on any atom is -0.329 e. The lowest BCUT2D eigenvalue weighted by atomic mass is 10.2. The van der Waals surface area contributed by atoms with Crippen molar-refractivity contribution in [2.45, 2.75) is 12.1 Å². The number of thioether (sulfide) groups is 1. The van der Waals surface area contributed by atoms with Crippen LogP contribution in [0.25, 0.3) is 0 Å². The second-order valence-corrected chi connectivity index (χ2v) is 5.09. The number of hydrogen-bond donors (Lipinski definition) is 0. The normalized spacial score (nSPS) is 10.4. The molecule has 18 heavy (non-hydrogen) atoms. The van der Waals surface area contributed by atoms with Crippen molar-refractivity contribution in [3.63, 3.8) is 0 Å². The van der Waals surface area contributed by atoms with E-state index in [9.17, 15) is 0 Å². The summed E-state index contributed by atoms with van der Waals surface area (Å²) < 4.78 is 0. The summed E-state index contributed by atoms with van der Waals surface area (Å²) in [5.41, 5.74) is 2.29. The van der Waals surface area contributed by atoms with E-state index < -0.39 is 0 Å². The van der Waals surface area contributed by atoms with Gasteiger partial charge in [-0.15, -0.1) is 0 Å². The van der Waals surface area contributed by atoms with Gasteiger partial charge < -0.3 is 4.90 Å². The summed E-state index contributed by atoms with van der Waals surface area (Å²) in [5.74, 6) is 0.796. The third kappa shape index (κ3) is 2.94. The van der Waals surface area contributed by atoms with Crippen molar-refractivity contribution in [3.05, 3.63) is 41.0 Å². The van der Waals surface area contributed by atoms with Gasteiger partial charge in [0.1, 0.15) is 11.0 Å². The van der Waals surface area contributed by atoms with Crippen LogP contribution in [-0.4, -0.2) is 23.3 Å². The highest BCUT2D eigenvalue weighted by Crippen LogP contribution is 2.26. The summed E-state index contributed by atoms with van der Waals surface area (Å²) in [6, 6.07) is 10.0. The number of aromatic nitrogens is 2. The molecule has 0 radical (unpaired) electrons. The maximum atomic E-state index is 6.00. The molecule has 0 bridgehead atoms. The van der Waals surface area contributed by atoms with E-state index in [0.717, 1.165) is 11.5 Å². The number of aryl methyl sites for hydroxylation is 1. The summed E-state index contributed by atoms with van der Waals surface area (Å²) in [6.07, 6.45) is 1.93. The molecule has 0 saturated heterocycles. The van der Waals surface area contributed by atoms with Crippen molar-refractivity contribution in [2.75, 3.05) is 18.2 Å². The fourth-order valence-corrected chi connectivity index (χ4v) is 2.22. The zero-order chi connectivity index (χ0) is 13.1. The van der Waals surface area contributed by atoms with Crippen LogP contribution in [0, 0.1) is 6.92 Å². The van der Waals surface area contributed by atoms with Gasteiger partial charge in [-0.3, -0.25) is 0 Å². The van der Waals surface area contributed by atoms with Crippen LogP contribution in [0.2, 0.25) is 5.15 Å². The smallest absolute Gasteiger partial charge is 0.190 e. The van der Waals surface area contributed by atoms with Crippen LogP contribution in [0.3, 0.4) is 0 Å². The van der Waals surface area contributed by atoms with Gasteiger partial charge in [-0.1, -0.05) is 35.5 Å². The maximum absolute atomic E-state index is 6.00. The lowest BCUT2D eigenvalue weighted by molar-refractivity contribution is 0.946. The Hall–Kier alpha value is -1.26. The SMILES string of the molecule is CSc1nc(Cl)cc(N(C)c2cccc(C)c2)n1. The molecule has 0 saturated carbocycles. The minimum atomic E-state index is 0.462. The first-order valence-corrected chi connectivity index (χ1v) is 7.09. The van der Waals surface area contributed by atoms with Crippen LogP contribution in [-0.2, 0) is 0 Å². The van der Waals surface area contributed by atoms with Crippen molar-refractivity contribution < 1.29 is 0 Å². The Morgan fingerprint density at radius 3 is 2.67 bits per heavy atom. The van der Waals surface area contributed by atoms with Crippen LogP contribution >= 0.6 is 23.4 Å². The average molecular weight is 280 g/mol. The summed E-state index contributed by atoms with van der Waals surface area (Å²) in [4.78, 5) is 10.6. The van der Waals surface area contributed by atoms with Crippen LogP contribution in [0.1, 0.15) is 5.56 Å². The van der Waals surface area contributed by atoms with Crippen LogP contribution in [0.15, 0.2) is 35.5 Å². The van der Waals surface area contributed by atoms with Gasteiger partial charge in [0.05, 0.1) is 0 Å². The Labute approximate surface area is 116 Å². The van der Waals surface area contributed by atoms with E-state index >= 15 is 0 Å². The predicted octanol–water partition coefficient (Wildman–Crippen LogP) is 3.93. The van der Waals surface area contributed by atoms with Crippen molar-refractivity contribution in [2.24, 2.45) is 0 Å². The number of nitrogens with zero attached hydrogens (tertiary/aromatic N) is 3. The number of hydrogen-bond acceptors (Lipinski definition) is 4. The summed E-state index contributed by atoms with van der Waals surface area (Å²) >= 11 is 7.48. The van der Waals surface area contributed by atoms with Gasteiger partial charge >= 0.3 is 0 Å². The van der Waals surface area contributed by atoms with Gasteiger partial charge in [0, 0.05) is 18.8 Å². The Morgan fingerprint density at radius 1 is 1.22 bits per heavy atom. The van der Waals surface area contributed by atoms with Crippen molar-refractivity contribution in [3.8, 4) is 0 Å². The molecular formula is C13H14ClN3S. The fourth-order valence-electron chi connectivity index (χ4n) is 1.62. The molecule has 1 heterocycles. The fraction of sp³-hybridized carbons (Fsp3) is 0.231. The van der Waals surface area contributed by atoms with Crippen molar-refractivity contribution >= 4 is 34.9 Å². The van der Waals surface area contributed by atoms with Gasteiger partial charge in [0.2, 0.25) is 0 Å². The highest BCUT2D eigenvalue weighted by Gasteiger charge is 2.09. The standard InChI is InChI=1S/C13H14ClN3S/c1-9-5-4-6-10(7-9)17(2)12-8-11(14)15-13(16-12)18-3/h4-8H,1-3H3. The Bertz CT molecular complexity index is 560. The van der Waals surface area contributed by atoms with Gasteiger partial charge in [-0.05, 0) is 30.9 Å². The van der Waals surface area contributed by atoms with E-state index in [1.807, 2.05) is 30.3 Å². The Balaban J connectivity index is 2.39. The van der Waals surface area contributed by atoms with E-state index in [1.165, 1.54) is 17.3 Å². The molecule has 0 aliphatic heterocycles. The van der Waals surface area contributed by atoms with E-state index in [0.29, 0.717) is 10.3 Å². The second kappa shape index (κ2) is 5.59. The van der Waals surface area contributed by atoms with E-state index in [1.54, 1.807) is 6.07 Å². The topological polar surface area (TPSA) is 29.0 Å². The summed E-state index contributed by atoms with van der Waals surface area (Å²) in [6.45, 7) is 2.07. The van der Waals surface area contributed by atoms with Crippen LogP contribution < -0.4 is 4.90 Å². The molecule has 0 aliphatic carbocycles. The molecular weight excluding hydrogens is 266 g/mol. The van der Waals surface area contributed by atoms with E-state index in [4.69, 9.17) is 11.6 Å². The Kier molecular flexibility index (Phi) is 4.09. The largest absolute Gasteiger partial charge is 0.329 e. The van der Waals surface area contributed by atoms with Gasteiger partial charge in [-0.25, -0.2) is 9.97 Å². The quantitative estimate of drug-likeness (QED) is 0.484. The molecule has 1 aromatic carbocycles. The number of rotatable bonds is 3. The van der Waals surface area contributed by atoms with Crippen molar-refractivity contribution in [1.82, 2.24) is 9.97 Å². The molecule has 94 valence electrons. The minimum absolute atomic E-state index is 0.462. The van der Waals surface area contributed by atoms with E-state index in [-0.39, 0.29) is 0 Å². The molecule has 5 heteroatoms. The first-order chi connectivity index (χ1) is 8.60. The molecule has 1 aromatic heterocycles. The number of halogens is 1. The first kappa shape index (κ1) is 13.2. The van der Waals surface area contributed by atoms with Crippen molar-refractivity contribution in [1.29, 1.82) is 0 Å². The zero-order valence-electron chi connectivity index (χ0n) is 10.5. The molecule has 0 spiro atoms. The number of anilines is 2. The molecule has 0 unspecified atom stereocenters. The molecule has 0 N–H and O–H groups in total. The Morgan fingerprint density at radius 2 is 2.00 bits per heavy atom. The predicted molar refractivity (Wildman–Crippen MR) is 78.1 cm³/mol. The first-order valence-electron chi connectivity index (χ1n) is 5.49. The monoisotopic (exact) mass is 279 g/mol. The molecule has 0 aliphatic rings. The van der Waals surface area contributed by atoms with Gasteiger partial charge in [-0.2, -0.15) is 0 Å². The highest BCUT2D eigenvalue weighted by atomic mass is 35.5. The highest BCUT2D eigenvalue weighted by molar-refractivity contribution is 7.98. The molecule has 0 atom stereocenters. The third-order valence-electron chi connectivity index (χ3n) is 2.58. The van der Waals surface area contributed by atoms with Crippen LogP contribution in [0.4, 0.5) is 11.5 Å². The molecule has 2 aromatic rings. The van der Waals surface area contributed by atoms with Crippen LogP contribution in [0.5, 0.6) is 0 Å². The molecule has 0 fully saturated rings. The molecule has 2 rings (SSSR count). The lowest BCUT2D eigenvalue weighted by Crippen LogP contribution is -2.12. The average Bonchev–Trinajstić information content (AvgIpc) is 2.37. The lowest BCUT2D eigenvalue weighted by Gasteiger charge is -2.19. The number of benzene rings is 1. The van der Waals surface area contributed by atoms with E-state index in [2.05, 4.69) is 29.0 Å².